The number of primary amides is 1. The van der Waals surface area contributed by atoms with Gasteiger partial charge in [0.05, 0.1) is 0 Å². The first kappa shape index (κ1) is 21.5. The van der Waals surface area contributed by atoms with Gasteiger partial charge >= 0.3 is 0 Å². The summed E-state index contributed by atoms with van der Waals surface area (Å²) in [6, 6.07) is 16.4. The van der Waals surface area contributed by atoms with Gasteiger partial charge < -0.3 is 10.6 Å². The molecule has 1 atom stereocenters. The second kappa shape index (κ2) is 8.55. The Morgan fingerprint density at radius 1 is 1.06 bits per heavy atom. The summed E-state index contributed by atoms with van der Waals surface area (Å²) in [6.45, 7) is 0.301. The molecule has 0 aliphatic carbocycles. The van der Waals surface area contributed by atoms with Crippen LogP contribution in [-0.4, -0.2) is 39.6 Å². The molecule has 34 heavy (non-hydrogen) atoms. The molecule has 2 aliphatic heterocycles. The quantitative estimate of drug-likeness (QED) is 0.572. The van der Waals surface area contributed by atoms with E-state index in [1.807, 2.05) is 42.5 Å². The van der Waals surface area contributed by atoms with E-state index in [2.05, 4.69) is 10.3 Å². The van der Waals surface area contributed by atoms with Crippen molar-refractivity contribution < 1.29 is 19.2 Å². The Labute approximate surface area is 195 Å². The van der Waals surface area contributed by atoms with Crippen molar-refractivity contribution in [2.24, 2.45) is 5.73 Å². The number of hydrogen-bond acceptors (Lipinski definition) is 5. The second-order valence-corrected chi connectivity index (χ2v) is 8.48. The molecule has 3 N–H and O–H groups in total. The highest BCUT2D eigenvalue weighted by atomic mass is 16.2. The minimum atomic E-state index is -0.658. The average Bonchev–Trinajstić information content (AvgIpc) is 3.16. The minimum Gasteiger partial charge on any atom is -0.364 e. The monoisotopic (exact) mass is 454 g/mol. The van der Waals surface area contributed by atoms with Gasteiger partial charge in [-0.2, -0.15) is 0 Å². The molecule has 1 aromatic heterocycles. The van der Waals surface area contributed by atoms with Crippen LogP contribution in [-0.2, 0) is 22.6 Å². The Morgan fingerprint density at radius 3 is 2.65 bits per heavy atom. The molecule has 0 saturated carbocycles. The third kappa shape index (κ3) is 3.83. The second-order valence-electron chi connectivity index (χ2n) is 8.48. The summed E-state index contributed by atoms with van der Waals surface area (Å²) in [4.78, 5) is 54.4. The van der Waals surface area contributed by atoms with Gasteiger partial charge in [0.1, 0.15) is 11.7 Å². The van der Waals surface area contributed by atoms with Crippen LogP contribution in [0.25, 0.3) is 11.1 Å². The Morgan fingerprint density at radius 2 is 1.85 bits per heavy atom. The van der Waals surface area contributed by atoms with E-state index in [0.717, 1.165) is 27.8 Å². The van der Waals surface area contributed by atoms with E-state index in [9.17, 15) is 19.2 Å². The van der Waals surface area contributed by atoms with E-state index in [0.29, 0.717) is 24.9 Å². The third-order valence-corrected chi connectivity index (χ3v) is 6.34. The molecule has 8 nitrogen and oxygen atoms in total. The Hall–Kier alpha value is -4.33. The predicted molar refractivity (Wildman–Crippen MR) is 123 cm³/mol. The SMILES string of the molecule is NC(=O)c1ncccc1Cc1cccc(-c2cccc3c2CN(C2CCC(=O)NC2=O)C3=O)c1. The standard InChI is InChI=1S/C26H22N4O4/c27-24(32)23-17(6-3-11-28-23)13-15-4-1-5-16(12-15)18-7-2-8-19-20(18)14-30(26(19)34)21-9-10-22(31)29-25(21)33/h1-8,11-12,21H,9-10,13-14H2,(H2,27,32)(H,29,31,33). The van der Waals surface area contributed by atoms with Crippen LogP contribution in [0.3, 0.4) is 0 Å². The predicted octanol–water partition coefficient (Wildman–Crippen LogP) is 2.20. The van der Waals surface area contributed by atoms with Crippen LogP contribution in [0.1, 0.15) is 50.4 Å². The molecule has 1 saturated heterocycles. The first-order chi connectivity index (χ1) is 16.4. The van der Waals surface area contributed by atoms with Crippen LogP contribution in [0.4, 0.5) is 0 Å². The van der Waals surface area contributed by atoms with E-state index in [-0.39, 0.29) is 23.9 Å². The summed E-state index contributed by atoms with van der Waals surface area (Å²) < 4.78 is 0. The van der Waals surface area contributed by atoms with Crippen LogP contribution in [0.2, 0.25) is 0 Å². The first-order valence-corrected chi connectivity index (χ1v) is 11.0. The molecule has 2 aromatic carbocycles. The van der Waals surface area contributed by atoms with Gasteiger partial charge in [0.15, 0.2) is 0 Å². The molecule has 1 fully saturated rings. The first-order valence-electron chi connectivity index (χ1n) is 11.0. The lowest BCUT2D eigenvalue weighted by Crippen LogP contribution is -2.52. The van der Waals surface area contributed by atoms with Crippen molar-refractivity contribution in [3.05, 3.63) is 88.7 Å². The van der Waals surface area contributed by atoms with Crippen molar-refractivity contribution in [2.45, 2.75) is 31.8 Å². The van der Waals surface area contributed by atoms with Crippen molar-refractivity contribution in [1.29, 1.82) is 0 Å². The van der Waals surface area contributed by atoms with Crippen molar-refractivity contribution >= 4 is 23.6 Å². The van der Waals surface area contributed by atoms with Gasteiger partial charge in [-0.05, 0) is 52.8 Å². The highest BCUT2D eigenvalue weighted by molar-refractivity contribution is 6.06. The van der Waals surface area contributed by atoms with Gasteiger partial charge in [-0.3, -0.25) is 29.5 Å². The molecule has 2 aliphatic rings. The topological polar surface area (TPSA) is 122 Å². The zero-order valence-electron chi connectivity index (χ0n) is 18.3. The molecule has 0 radical (unpaired) electrons. The highest BCUT2D eigenvalue weighted by Gasteiger charge is 2.39. The maximum absolute atomic E-state index is 13.1. The van der Waals surface area contributed by atoms with E-state index < -0.39 is 17.9 Å². The fraction of sp³-hybridized carbons (Fsp3) is 0.192. The lowest BCUT2D eigenvalue weighted by atomic mass is 9.94. The fourth-order valence-corrected chi connectivity index (χ4v) is 4.73. The van der Waals surface area contributed by atoms with Crippen LogP contribution < -0.4 is 11.1 Å². The summed E-state index contributed by atoms with van der Waals surface area (Å²) in [7, 11) is 0. The third-order valence-electron chi connectivity index (χ3n) is 6.34. The van der Waals surface area contributed by atoms with Crippen molar-refractivity contribution in [3.8, 4) is 11.1 Å². The highest BCUT2D eigenvalue weighted by Crippen LogP contribution is 2.35. The van der Waals surface area contributed by atoms with E-state index in [4.69, 9.17) is 5.73 Å². The summed E-state index contributed by atoms with van der Waals surface area (Å²) >= 11 is 0. The van der Waals surface area contributed by atoms with Gasteiger partial charge in [-0.15, -0.1) is 0 Å². The summed E-state index contributed by atoms with van der Waals surface area (Å²) in [6.07, 6.45) is 2.56. The number of carbonyl (C=O) groups excluding carboxylic acids is 4. The summed E-state index contributed by atoms with van der Waals surface area (Å²) in [5.41, 5.74) is 10.7. The number of nitrogens with zero attached hydrogens (tertiary/aromatic N) is 2. The number of pyridine rings is 1. The fourth-order valence-electron chi connectivity index (χ4n) is 4.73. The summed E-state index contributed by atoms with van der Waals surface area (Å²) in [5, 5.41) is 2.33. The molecule has 5 rings (SSSR count). The number of nitrogens with one attached hydrogen (secondary N) is 1. The molecule has 4 amide bonds. The molecular weight excluding hydrogens is 432 g/mol. The van der Waals surface area contributed by atoms with Crippen molar-refractivity contribution in [1.82, 2.24) is 15.2 Å². The number of carbonyl (C=O) groups is 4. The Bertz CT molecular complexity index is 1350. The Kier molecular flexibility index (Phi) is 5.41. The smallest absolute Gasteiger partial charge is 0.267 e. The van der Waals surface area contributed by atoms with Gasteiger partial charge in [-0.25, -0.2) is 0 Å². The van der Waals surface area contributed by atoms with Crippen LogP contribution >= 0.6 is 0 Å². The number of amides is 4. The average molecular weight is 454 g/mol. The molecule has 0 bridgehead atoms. The number of nitrogens with two attached hydrogens (primary N) is 1. The Balaban J connectivity index is 1.46. The van der Waals surface area contributed by atoms with Gasteiger partial charge in [0, 0.05) is 24.7 Å². The number of hydrogen-bond donors (Lipinski definition) is 2. The normalized spacial score (nSPS) is 17.5. The summed E-state index contributed by atoms with van der Waals surface area (Å²) in [5.74, 6) is -1.51. The zero-order chi connectivity index (χ0) is 23.8. The molecule has 3 heterocycles. The number of rotatable bonds is 5. The number of piperidine rings is 1. The molecule has 3 aromatic rings. The van der Waals surface area contributed by atoms with E-state index in [1.165, 1.54) is 0 Å². The molecule has 8 heteroatoms. The molecule has 1 unspecified atom stereocenters. The lowest BCUT2D eigenvalue weighted by Gasteiger charge is -2.29. The number of fused-ring (bicyclic) bond motifs is 1. The largest absolute Gasteiger partial charge is 0.364 e. The molecule has 170 valence electrons. The number of benzene rings is 2. The van der Waals surface area contributed by atoms with E-state index in [1.54, 1.807) is 23.2 Å². The maximum Gasteiger partial charge on any atom is 0.267 e. The molecular formula is C26H22N4O4. The maximum atomic E-state index is 13.1. The zero-order valence-corrected chi connectivity index (χ0v) is 18.3. The molecule has 0 spiro atoms. The van der Waals surface area contributed by atoms with Crippen molar-refractivity contribution in [3.63, 3.8) is 0 Å². The van der Waals surface area contributed by atoms with Gasteiger partial charge in [0.25, 0.3) is 11.8 Å². The van der Waals surface area contributed by atoms with Crippen LogP contribution in [0.15, 0.2) is 60.8 Å². The van der Waals surface area contributed by atoms with E-state index >= 15 is 0 Å². The van der Waals surface area contributed by atoms with Crippen molar-refractivity contribution in [2.75, 3.05) is 0 Å². The lowest BCUT2D eigenvalue weighted by molar-refractivity contribution is -0.136. The van der Waals surface area contributed by atoms with Crippen LogP contribution in [0, 0.1) is 0 Å². The number of aromatic nitrogens is 1. The minimum absolute atomic E-state index is 0.205. The van der Waals surface area contributed by atoms with Gasteiger partial charge in [-0.1, -0.05) is 42.5 Å². The number of imide groups is 1. The van der Waals surface area contributed by atoms with Crippen LogP contribution in [0.5, 0.6) is 0 Å². The van der Waals surface area contributed by atoms with Gasteiger partial charge in [0.2, 0.25) is 11.8 Å².